The van der Waals surface area contributed by atoms with Crippen LogP contribution in [0.4, 0.5) is 28.9 Å². The minimum atomic E-state index is -5.08. The van der Waals surface area contributed by atoms with Gasteiger partial charge < -0.3 is 20.0 Å². The summed E-state index contributed by atoms with van der Waals surface area (Å²) in [6.07, 6.45) is 2.08. The zero-order valence-electron chi connectivity index (χ0n) is 22.2. The standard InChI is InChI=1S/C25H32FN3O4S.C2HF3O2/c26-20-4-7-22(8-5-20)34(32,33)27-21-6-9-24(23(18-21)25(30)31)29-16-11-19(12-17-29)10-15-28-13-2-1-3-14-28;3-2(4,5)1(6)7/h4-9,18-19,27H,1-3,10-17H2,(H,30,31);(H,6,7). The molecular weight excluding hydrogens is 570 g/mol. The van der Waals surface area contributed by atoms with Gasteiger partial charge in [0.1, 0.15) is 5.82 Å². The minimum Gasteiger partial charge on any atom is -0.478 e. The number of sulfonamides is 1. The van der Waals surface area contributed by atoms with Gasteiger partial charge in [-0.15, -0.1) is 0 Å². The van der Waals surface area contributed by atoms with Gasteiger partial charge in [0.05, 0.1) is 16.1 Å². The second-order valence-electron chi connectivity index (χ2n) is 10.0. The van der Waals surface area contributed by atoms with Crippen LogP contribution in [0.1, 0.15) is 48.9 Å². The van der Waals surface area contributed by atoms with Crippen molar-refractivity contribution in [1.82, 2.24) is 4.90 Å². The predicted octanol–water partition coefficient (Wildman–Crippen LogP) is 5.05. The maximum absolute atomic E-state index is 13.1. The molecule has 0 unspecified atom stereocenters. The van der Waals surface area contributed by atoms with Crippen LogP contribution in [0.3, 0.4) is 0 Å². The molecule has 2 aromatic carbocycles. The van der Waals surface area contributed by atoms with Crippen LogP contribution in [0.25, 0.3) is 0 Å². The SMILES string of the molecule is O=C(O)C(F)(F)F.O=C(O)c1cc(NS(=O)(=O)c2ccc(F)cc2)ccc1N1CCC(CCN2CCCCC2)CC1. The number of nitrogens with zero attached hydrogens (tertiary/aromatic N) is 2. The van der Waals surface area contributed by atoms with Crippen LogP contribution in [0.15, 0.2) is 47.4 Å². The Labute approximate surface area is 235 Å². The Morgan fingerprint density at radius 3 is 2.05 bits per heavy atom. The summed E-state index contributed by atoms with van der Waals surface area (Å²) in [4.78, 5) is 25.4. The highest BCUT2D eigenvalue weighted by Gasteiger charge is 2.38. The summed E-state index contributed by atoms with van der Waals surface area (Å²) < 4.78 is 72.5. The first-order valence-corrected chi connectivity index (χ1v) is 14.7. The number of carbonyl (C=O) groups is 2. The normalized spacial score (nSPS) is 16.9. The topological polar surface area (TPSA) is 127 Å². The number of carboxylic acid groups (broad SMARTS) is 2. The molecular formula is C27H33F4N3O6S. The molecule has 0 aliphatic carbocycles. The van der Waals surface area contributed by atoms with Crippen molar-refractivity contribution in [3.05, 3.63) is 53.8 Å². The fraction of sp³-hybridized carbons (Fsp3) is 0.481. The number of aromatic carboxylic acids is 1. The molecule has 2 saturated heterocycles. The molecule has 0 spiro atoms. The monoisotopic (exact) mass is 603 g/mol. The van der Waals surface area contributed by atoms with E-state index in [1.165, 1.54) is 57.0 Å². The largest absolute Gasteiger partial charge is 0.490 e. The van der Waals surface area contributed by atoms with Crippen LogP contribution in [-0.2, 0) is 14.8 Å². The lowest BCUT2D eigenvalue weighted by molar-refractivity contribution is -0.192. The van der Waals surface area contributed by atoms with E-state index in [9.17, 15) is 35.9 Å². The Hall–Kier alpha value is -3.39. The molecule has 2 heterocycles. The number of benzene rings is 2. The average Bonchev–Trinajstić information content (AvgIpc) is 2.92. The first kappa shape index (κ1) is 32.1. The van der Waals surface area contributed by atoms with E-state index < -0.39 is 34.0 Å². The Morgan fingerprint density at radius 2 is 1.51 bits per heavy atom. The van der Waals surface area contributed by atoms with Crippen molar-refractivity contribution in [3.8, 4) is 0 Å². The van der Waals surface area contributed by atoms with Crippen LogP contribution in [0, 0.1) is 11.7 Å². The van der Waals surface area contributed by atoms with Crippen LogP contribution in [0.5, 0.6) is 0 Å². The van der Waals surface area contributed by atoms with Crippen molar-refractivity contribution in [2.45, 2.75) is 49.6 Å². The molecule has 4 rings (SSSR count). The van der Waals surface area contributed by atoms with Gasteiger partial charge in [0.15, 0.2) is 0 Å². The van der Waals surface area contributed by atoms with Gasteiger partial charge in [-0.25, -0.2) is 22.4 Å². The molecule has 0 amide bonds. The molecule has 2 aliphatic rings. The van der Waals surface area contributed by atoms with Crippen molar-refractivity contribution in [2.75, 3.05) is 42.3 Å². The van der Waals surface area contributed by atoms with E-state index >= 15 is 0 Å². The summed E-state index contributed by atoms with van der Waals surface area (Å²) in [5.74, 6) is -3.75. The van der Waals surface area contributed by atoms with E-state index in [4.69, 9.17) is 9.90 Å². The third kappa shape index (κ3) is 9.59. The molecule has 226 valence electrons. The number of piperidine rings is 2. The maximum Gasteiger partial charge on any atom is 0.490 e. The molecule has 0 radical (unpaired) electrons. The highest BCUT2D eigenvalue weighted by atomic mass is 32.2. The number of hydrogen-bond acceptors (Lipinski definition) is 6. The Bertz CT molecular complexity index is 1290. The number of rotatable bonds is 8. The lowest BCUT2D eigenvalue weighted by Gasteiger charge is -2.35. The molecule has 0 aromatic heterocycles. The minimum absolute atomic E-state index is 0.0612. The van der Waals surface area contributed by atoms with Crippen molar-refractivity contribution in [1.29, 1.82) is 0 Å². The van der Waals surface area contributed by atoms with Crippen LogP contribution >= 0.6 is 0 Å². The Kier molecular flexibility index (Phi) is 11.0. The van der Waals surface area contributed by atoms with E-state index in [2.05, 4.69) is 14.5 Å². The molecule has 2 fully saturated rings. The number of carboxylic acids is 2. The first-order chi connectivity index (χ1) is 19.3. The van der Waals surface area contributed by atoms with Crippen molar-refractivity contribution in [3.63, 3.8) is 0 Å². The molecule has 3 N–H and O–H groups in total. The van der Waals surface area contributed by atoms with Gasteiger partial charge in [-0.1, -0.05) is 6.42 Å². The average molecular weight is 604 g/mol. The number of anilines is 2. The highest BCUT2D eigenvalue weighted by molar-refractivity contribution is 7.92. The van der Waals surface area contributed by atoms with Crippen LogP contribution in [0.2, 0.25) is 0 Å². The lowest BCUT2D eigenvalue weighted by Crippen LogP contribution is -2.37. The van der Waals surface area contributed by atoms with E-state index in [1.807, 2.05) is 0 Å². The van der Waals surface area contributed by atoms with Gasteiger partial charge >= 0.3 is 18.1 Å². The molecule has 0 bridgehead atoms. The maximum atomic E-state index is 13.1. The summed E-state index contributed by atoms with van der Waals surface area (Å²) in [5, 5.41) is 16.9. The Balaban J connectivity index is 0.000000587. The smallest absolute Gasteiger partial charge is 0.478 e. The second kappa shape index (κ2) is 14.0. The second-order valence-corrected chi connectivity index (χ2v) is 11.7. The van der Waals surface area contributed by atoms with E-state index in [1.54, 1.807) is 12.1 Å². The van der Waals surface area contributed by atoms with Gasteiger partial charge in [0.2, 0.25) is 0 Å². The molecule has 0 atom stereocenters. The third-order valence-electron chi connectivity index (χ3n) is 7.10. The number of likely N-dealkylation sites (tertiary alicyclic amines) is 1. The summed E-state index contributed by atoms with van der Waals surface area (Å²) in [5.41, 5.74) is 0.819. The zero-order chi connectivity index (χ0) is 30.2. The number of aliphatic carboxylic acids is 1. The fourth-order valence-corrected chi connectivity index (χ4v) is 5.93. The molecule has 14 heteroatoms. The molecule has 2 aromatic rings. The van der Waals surface area contributed by atoms with Gasteiger partial charge in [0, 0.05) is 18.8 Å². The van der Waals surface area contributed by atoms with Crippen LogP contribution in [-0.4, -0.2) is 74.4 Å². The summed E-state index contributed by atoms with van der Waals surface area (Å²) in [7, 11) is -3.96. The predicted molar refractivity (Wildman–Crippen MR) is 144 cm³/mol. The van der Waals surface area contributed by atoms with E-state index in [0.717, 1.165) is 44.6 Å². The van der Waals surface area contributed by atoms with Gasteiger partial charge in [-0.3, -0.25) is 4.72 Å². The summed E-state index contributed by atoms with van der Waals surface area (Å²) in [6.45, 7) is 5.13. The number of halogens is 4. The van der Waals surface area contributed by atoms with Gasteiger partial charge in [0.25, 0.3) is 10.0 Å². The van der Waals surface area contributed by atoms with Gasteiger partial charge in [-0.2, -0.15) is 13.2 Å². The number of hydrogen-bond donors (Lipinski definition) is 3. The molecule has 0 saturated carbocycles. The van der Waals surface area contributed by atoms with E-state index in [0.29, 0.717) is 11.6 Å². The Morgan fingerprint density at radius 1 is 0.927 bits per heavy atom. The van der Waals surface area contributed by atoms with Crippen molar-refractivity contribution < 1.29 is 45.8 Å². The lowest BCUT2D eigenvalue weighted by atomic mass is 9.92. The first-order valence-electron chi connectivity index (χ1n) is 13.2. The van der Waals surface area contributed by atoms with E-state index in [-0.39, 0.29) is 16.1 Å². The molecule has 41 heavy (non-hydrogen) atoms. The highest BCUT2D eigenvalue weighted by Crippen LogP contribution is 2.31. The van der Waals surface area contributed by atoms with Gasteiger partial charge in [-0.05, 0) is 100 Å². The summed E-state index contributed by atoms with van der Waals surface area (Å²) >= 11 is 0. The molecule has 9 nitrogen and oxygen atoms in total. The number of alkyl halides is 3. The molecule has 2 aliphatic heterocycles. The quantitative estimate of drug-likeness (QED) is 0.358. The van der Waals surface area contributed by atoms with Crippen molar-refractivity contribution >= 4 is 33.3 Å². The fourth-order valence-electron chi connectivity index (χ4n) is 4.89. The zero-order valence-corrected chi connectivity index (χ0v) is 23.1. The third-order valence-corrected chi connectivity index (χ3v) is 8.50. The van der Waals surface area contributed by atoms with Crippen molar-refractivity contribution in [2.24, 2.45) is 5.92 Å². The summed E-state index contributed by atoms with van der Waals surface area (Å²) in [6, 6.07) is 9.05. The number of nitrogens with one attached hydrogen (secondary N) is 1. The van der Waals surface area contributed by atoms with Crippen LogP contribution < -0.4 is 9.62 Å².